The third-order valence-corrected chi connectivity index (χ3v) is 5.62. The highest BCUT2D eigenvalue weighted by Crippen LogP contribution is 2.36. The lowest BCUT2D eigenvalue weighted by molar-refractivity contribution is -0.118. The molecule has 1 unspecified atom stereocenters. The number of hydrogen-bond acceptors (Lipinski definition) is 7. The molecule has 1 fully saturated rings. The number of anilines is 2. The van der Waals surface area contributed by atoms with Gasteiger partial charge in [0.05, 0.1) is 18.3 Å². The Labute approximate surface area is 171 Å². The van der Waals surface area contributed by atoms with Crippen molar-refractivity contribution in [2.45, 2.75) is 25.3 Å². The number of nitrogens with two attached hydrogens (primary N) is 1. The number of thiazole rings is 1. The first-order chi connectivity index (χ1) is 14.1. The predicted molar refractivity (Wildman–Crippen MR) is 111 cm³/mol. The number of halogens is 1. The summed E-state index contributed by atoms with van der Waals surface area (Å²) in [6.07, 6.45) is 6.13. The van der Waals surface area contributed by atoms with Crippen LogP contribution in [0, 0.1) is 5.82 Å². The summed E-state index contributed by atoms with van der Waals surface area (Å²) < 4.78 is 13.8. The summed E-state index contributed by atoms with van der Waals surface area (Å²) in [6.45, 7) is 0.985. The number of carbonyl (C=O) groups is 1. The Balaban J connectivity index is 1.62. The van der Waals surface area contributed by atoms with E-state index in [4.69, 9.17) is 5.73 Å². The predicted octanol–water partition coefficient (Wildman–Crippen LogP) is 3.49. The largest absolute Gasteiger partial charge is 0.368 e. The van der Waals surface area contributed by atoms with Crippen LogP contribution in [0.25, 0.3) is 11.1 Å². The van der Waals surface area contributed by atoms with Gasteiger partial charge in [-0.15, -0.1) is 11.3 Å². The summed E-state index contributed by atoms with van der Waals surface area (Å²) in [7, 11) is 0. The number of hydrogen-bond donors (Lipinski definition) is 2. The quantitative estimate of drug-likeness (QED) is 0.666. The fourth-order valence-electron chi connectivity index (χ4n) is 3.66. The number of likely N-dealkylation sites (tertiary alicyclic amines) is 1. The van der Waals surface area contributed by atoms with Crippen molar-refractivity contribution in [3.05, 3.63) is 53.6 Å². The molecular weight excluding hydrogens is 391 g/mol. The summed E-state index contributed by atoms with van der Waals surface area (Å²) >= 11 is 1.38. The van der Waals surface area contributed by atoms with E-state index in [-0.39, 0.29) is 30.3 Å². The number of aromatic nitrogens is 3. The average Bonchev–Trinajstić information content (AvgIpc) is 3.21. The van der Waals surface area contributed by atoms with Gasteiger partial charge in [0.25, 0.3) is 0 Å². The van der Waals surface area contributed by atoms with Crippen molar-refractivity contribution >= 4 is 28.3 Å². The van der Waals surface area contributed by atoms with Crippen LogP contribution < -0.4 is 11.1 Å². The van der Waals surface area contributed by atoms with Crippen LogP contribution >= 0.6 is 11.3 Å². The Hall–Kier alpha value is -2.91. The topological polar surface area (TPSA) is 97.0 Å². The van der Waals surface area contributed by atoms with E-state index in [9.17, 15) is 9.18 Å². The lowest BCUT2D eigenvalue weighted by Crippen LogP contribution is -2.40. The van der Waals surface area contributed by atoms with E-state index in [2.05, 4.69) is 25.2 Å². The van der Waals surface area contributed by atoms with E-state index in [0.717, 1.165) is 37.1 Å². The Kier molecular flexibility index (Phi) is 5.77. The van der Waals surface area contributed by atoms with E-state index >= 15 is 0 Å². The maximum atomic E-state index is 13.8. The second-order valence-electron chi connectivity index (χ2n) is 6.90. The lowest BCUT2D eigenvalue weighted by atomic mass is 9.93. The molecule has 1 aliphatic rings. The van der Waals surface area contributed by atoms with Gasteiger partial charge in [-0.1, -0.05) is 18.6 Å². The number of nitrogens with one attached hydrogen (secondary N) is 1. The second-order valence-corrected chi connectivity index (χ2v) is 7.80. The molecule has 9 heteroatoms. The van der Waals surface area contributed by atoms with Crippen LogP contribution in [-0.4, -0.2) is 38.8 Å². The average molecular weight is 412 g/mol. The van der Waals surface area contributed by atoms with Gasteiger partial charge in [0.1, 0.15) is 5.82 Å². The maximum absolute atomic E-state index is 13.8. The van der Waals surface area contributed by atoms with Crippen molar-refractivity contribution in [2.24, 2.45) is 0 Å². The number of amides is 1. The van der Waals surface area contributed by atoms with E-state index in [1.54, 1.807) is 18.5 Å². The standard InChI is InChI=1S/C20H21FN6OS/c21-14-5-3-4-13(10-14)15-11-24-19(22)26-18(15)16-6-1-2-8-27(16)12-17(28)25-20-23-7-9-29-20/h3-5,7,9-11,16H,1-2,6,8,12H2,(H2,22,24,26)(H,23,25,28). The van der Waals surface area contributed by atoms with Crippen LogP contribution in [0.4, 0.5) is 15.5 Å². The molecule has 1 aliphatic heterocycles. The molecule has 1 amide bonds. The smallest absolute Gasteiger partial charge is 0.240 e. The molecule has 3 heterocycles. The van der Waals surface area contributed by atoms with Gasteiger partial charge in [0.2, 0.25) is 11.9 Å². The fourth-order valence-corrected chi connectivity index (χ4v) is 4.21. The third kappa shape index (κ3) is 4.57. The van der Waals surface area contributed by atoms with E-state index in [1.807, 2.05) is 11.4 Å². The van der Waals surface area contributed by atoms with Crippen LogP contribution in [0.3, 0.4) is 0 Å². The number of nitrogen functional groups attached to an aromatic ring is 1. The van der Waals surface area contributed by atoms with Crippen LogP contribution in [-0.2, 0) is 4.79 Å². The molecule has 3 N–H and O–H groups in total. The molecule has 1 atom stereocenters. The maximum Gasteiger partial charge on any atom is 0.240 e. The molecule has 0 bridgehead atoms. The van der Waals surface area contributed by atoms with Gasteiger partial charge in [-0.2, -0.15) is 0 Å². The molecular formula is C20H21FN6OS. The van der Waals surface area contributed by atoms with Gasteiger partial charge in [0, 0.05) is 23.3 Å². The van der Waals surface area contributed by atoms with Gasteiger partial charge in [-0.25, -0.2) is 19.3 Å². The van der Waals surface area contributed by atoms with E-state index < -0.39 is 0 Å². The van der Waals surface area contributed by atoms with E-state index in [0.29, 0.717) is 10.7 Å². The van der Waals surface area contributed by atoms with Gasteiger partial charge in [0.15, 0.2) is 5.13 Å². The van der Waals surface area contributed by atoms with Crippen LogP contribution in [0.5, 0.6) is 0 Å². The van der Waals surface area contributed by atoms with Gasteiger partial charge < -0.3 is 11.1 Å². The number of benzene rings is 1. The van der Waals surface area contributed by atoms with Gasteiger partial charge in [-0.05, 0) is 37.1 Å². The van der Waals surface area contributed by atoms with Crippen LogP contribution in [0.2, 0.25) is 0 Å². The highest BCUT2D eigenvalue weighted by molar-refractivity contribution is 7.13. The Morgan fingerprint density at radius 1 is 1.34 bits per heavy atom. The van der Waals surface area contributed by atoms with Crippen molar-refractivity contribution in [1.82, 2.24) is 19.9 Å². The molecule has 3 aromatic rings. The summed E-state index contributed by atoms with van der Waals surface area (Å²) in [5, 5.41) is 5.22. The summed E-state index contributed by atoms with van der Waals surface area (Å²) in [5.41, 5.74) is 8.03. The molecule has 4 rings (SSSR count). The zero-order valence-electron chi connectivity index (χ0n) is 15.7. The Morgan fingerprint density at radius 3 is 3.03 bits per heavy atom. The minimum absolute atomic E-state index is 0.102. The molecule has 1 saturated heterocycles. The minimum Gasteiger partial charge on any atom is -0.368 e. The molecule has 0 radical (unpaired) electrons. The third-order valence-electron chi connectivity index (χ3n) is 4.93. The Bertz CT molecular complexity index is 996. The second kappa shape index (κ2) is 8.62. The molecule has 29 heavy (non-hydrogen) atoms. The van der Waals surface area contributed by atoms with Crippen molar-refractivity contribution < 1.29 is 9.18 Å². The van der Waals surface area contributed by atoms with Crippen LogP contribution in [0.15, 0.2) is 42.0 Å². The van der Waals surface area contributed by atoms with Crippen molar-refractivity contribution in [3.63, 3.8) is 0 Å². The summed E-state index contributed by atoms with van der Waals surface area (Å²) in [4.78, 5) is 27.3. The molecule has 7 nitrogen and oxygen atoms in total. The highest BCUT2D eigenvalue weighted by Gasteiger charge is 2.29. The zero-order valence-corrected chi connectivity index (χ0v) is 16.5. The highest BCUT2D eigenvalue weighted by atomic mass is 32.1. The normalized spacial score (nSPS) is 17.2. The number of rotatable bonds is 5. The van der Waals surface area contributed by atoms with Crippen LogP contribution in [0.1, 0.15) is 31.0 Å². The van der Waals surface area contributed by atoms with Crippen molar-refractivity contribution in [1.29, 1.82) is 0 Å². The molecule has 0 aliphatic carbocycles. The monoisotopic (exact) mass is 412 g/mol. The number of nitrogens with zero attached hydrogens (tertiary/aromatic N) is 4. The molecule has 0 spiro atoms. The van der Waals surface area contributed by atoms with Crippen molar-refractivity contribution in [3.8, 4) is 11.1 Å². The van der Waals surface area contributed by atoms with E-state index in [1.165, 1.54) is 23.5 Å². The molecule has 2 aromatic heterocycles. The first-order valence-electron chi connectivity index (χ1n) is 9.42. The summed E-state index contributed by atoms with van der Waals surface area (Å²) in [6, 6.07) is 6.24. The van der Waals surface area contributed by atoms with Crippen molar-refractivity contribution in [2.75, 3.05) is 24.1 Å². The Morgan fingerprint density at radius 2 is 2.24 bits per heavy atom. The fraction of sp³-hybridized carbons (Fsp3) is 0.300. The number of piperidine rings is 1. The van der Waals surface area contributed by atoms with Gasteiger partial charge in [-0.3, -0.25) is 9.69 Å². The lowest BCUT2D eigenvalue weighted by Gasteiger charge is -2.35. The molecule has 150 valence electrons. The first kappa shape index (κ1) is 19.4. The minimum atomic E-state index is -0.325. The zero-order chi connectivity index (χ0) is 20.2. The SMILES string of the molecule is Nc1ncc(-c2cccc(F)c2)c(C2CCCCN2CC(=O)Nc2nccs2)n1. The molecule has 0 saturated carbocycles. The number of carbonyl (C=O) groups excluding carboxylic acids is 1. The summed E-state index contributed by atoms with van der Waals surface area (Å²) in [5.74, 6) is -0.285. The molecule has 1 aromatic carbocycles. The first-order valence-corrected chi connectivity index (χ1v) is 10.3. The van der Waals surface area contributed by atoms with Gasteiger partial charge >= 0.3 is 0 Å².